The summed E-state index contributed by atoms with van der Waals surface area (Å²) in [4.78, 5) is 16.0. The Kier molecular flexibility index (Phi) is 3.88. The second-order valence-corrected chi connectivity index (χ2v) is 6.29. The number of benzene rings is 1. The van der Waals surface area contributed by atoms with Gasteiger partial charge in [-0.15, -0.1) is 0 Å². The van der Waals surface area contributed by atoms with Gasteiger partial charge in [-0.3, -0.25) is 9.69 Å². The average Bonchev–Trinajstić information content (AvgIpc) is 2.32. The predicted octanol–water partition coefficient (Wildman–Crippen LogP) is 3.07. The number of hydrogen-bond donors (Lipinski definition) is 0. The van der Waals surface area contributed by atoms with Crippen LogP contribution in [0.3, 0.4) is 0 Å². The van der Waals surface area contributed by atoms with E-state index in [2.05, 4.69) is 30.7 Å². The van der Waals surface area contributed by atoms with Crippen molar-refractivity contribution in [2.24, 2.45) is 0 Å². The Morgan fingerprint density at radius 3 is 2.53 bits per heavy atom. The third-order valence-corrected chi connectivity index (χ3v) is 4.31. The second kappa shape index (κ2) is 5.14. The van der Waals surface area contributed by atoms with Crippen LogP contribution < -0.4 is 4.90 Å². The molecular formula is C15H21ClN2O. The number of nitrogens with zero attached hydrogens (tertiary/aromatic N) is 2. The minimum absolute atomic E-state index is 0.0483. The molecule has 0 spiro atoms. The molecule has 19 heavy (non-hydrogen) atoms. The van der Waals surface area contributed by atoms with Crippen molar-refractivity contribution in [3.05, 3.63) is 28.8 Å². The van der Waals surface area contributed by atoms with E-state index in [1.54, 1.807) is 13.0 Å². The molecular weight excluding hydrogens is 260 g/mol. The Balaban J connectivity index is 2.26. The van der Waals surface area contributed by atoms with Crippen molar-refractivity contribution in [2.75, 3.05) is 31.6 Å². The highest BCUT2D eigenvalue weighted by Gasteiger charge is 2.31. The first-order chi connectivity index (χ1) is 8.81. The first-order valence-corrected chi connectivity index (χ1v) is 6.96. The molecule has 0 atom stereocenters. The van der Waals surface area contributed by atoms with Gasteiger partial charge in [0, 0.05) is 30.7 Å². The summed E-state index contributed by atoms with van der Waals surface area (Å²) in [6, 6.07) is 5.58. The van der Waals surface area contributed by atoms with E-state index in [9.17, 15) is 4.79 Å². The number of carbonyl (C=O) groups is 1. The number of ketones is 1. The number of Topliss-reactive ketones (excluding diaryl/α,β-unsaturated/α-hetero) is 1. The minimum Gasteiger partial charge on any atom is -0.367 e. The highest BCUT2D eigenvalue weighted by atomic mass is 35.5. The van der Waals surface area contributed by atoms with Crippen LogP contribution in [-0.2, 0) is 0 Å². The molecule has 1 aromatic carbocycles. The zero-order valence-electron chi connectivity index (χ0n) is 12.0. The lowest BCUT2D eigenvalue weighted by Crippen LogP contribution is -2.57. The van der Waals surface area contributed by atoms with Crippen LogP contribution >= 0.6 is 11.6 Å². The lowest BCUT2D eigenvalue weighted by Gasteiger charge is -2.46. The largest absolute Gasteiger partial charge is 0.367 e. The highest BCUT2D eigenvalue weighted by molar-refractivity contribution is 6.33. The molecule has 4 heteroatoms. The lowest BCUT2D eigenvalue weighted by molar-refractivity contribution is 0.101. The lowest BCUT2D eigenvalue weighted by atomic mass is 9.99. The van der Waals surface area contributed by atoms with Gasteiger partial charge in [-0.25, -0.2) is 0 Å². The molecule has 0 aromatic heterocycles. The standard InChI is InChI=1S/C15H21ClN2O/c1-11(19)12-5-6-14(13(16)9-12)18-8-7-17(4)15(2,3)10-18/h5-6,9H,7-8,10H2,1-4H3. The predicted molar refractivity (Wildman–Crippen MR) is 80.4 cm³/mol. The number of carbonyl (C=O) groups excluding carboxylic acids is 1. The van der Waals surface area contributed by atoms with Crippen LogP contribution in [0, 0.1) is 0 Å². The first kappa shape index (κ1) is 14.4. The quantitative estimate of drug-likeness (QED) is 0.778. The van der Waals surface area contributed by atoms with Gasteiger partial charge >= 0.3 is 0 Å². The maximum Gasteiger partial charge on any atom is 0.159 e. The Hall–Kier alpha value is -1.06. The molecule has 0 saturated carbocycles. The summed E-state index contributed by atoms with van der Waals surface area (Å²) in [6.45, 7) is 8.93. The molecule has 0 aliphatic carbocycles. The van der Waals surface area contributed by atoms with Crippen molar-refractivity contribution in [1.82, 2.24) is 4.90 Å². The third-order valence-electron chi connectivity index (χ3n) is 4.01. The van der Waals surface area contributed by atoms with E-state index in [1.807, 2.05) is 12.1 Å². The van der Waals surface area contributed by atoms with Gasteiger partial charge in [-0.2, -0.15) is 0 Å². The smallest absolute Gasteiger partial charge is 0.159 e. The molecule has 0 radical (unpaired) electrons. The van der Waals surface area contributed by atoms with Crippen LogP contribution in [-0.4, -0.2) is 42.9 Å². The van der Waals surface area contributed by atoms with Gasteiger partial charge in [0.25, 0.3) is 0 Å². The van der Waals surface area contributed by atoms with Gasteiger partial charge in [0.15, 0.2) is 5.78 Å². The van der Waals surface area contributed by atoms with Gasteiger partial charge in [-0.1, -0.05) is 11.6 Å². The van der Waals surface area contributed by atoms with E-state index in [1.165, 1.54) is 0 Å². The van der Waals surface area contributed by atoms with Crippen molar-refractivity contribution in [3.8, 4) is 0 Å². The molecule has 1 aliphatic heterocycles. The first-order valence-electron chi connectivity index (χ1n) is 6.58. The van der Waals surface area contributed by atoms with Crippen molar-refractivity contribution >= 4 is 23.1 Å². The fourth-order valence-corrected chi connectivity index (χ4v) is 2.73. The molecule has 1 aromatic rings. The maximum absolute atomic E-state index is 11.4. The summed E-state index contributed by atoms with van der Waals surface area (Å²) in [5, 5.41) is 0.660. The monoisotopic (exact) mass is 280 g/mol. The molecule has 2 rings (SSSR count). The Morgan fingerprint density at radius 1 is 1.32 bits per heavy atom. The van der Waals surface area contributed by atoms with Crippen LogP contribution in [0.2, 0.25) is 5.02 Å². The molecule has 1 aliphatic rings. The number of rotatable bonds is 2. The van der Waals surface area contributed by atoms with Crippen LogP contribution in [0.5, 0.6) is 0 Å². The summed E-state index contributed by atoms with van der Waals surface area (Å²) in [6.07, 6.45) is 0. The van der Waals surface area contributed by atoms with Crippen LogP contribution in [0.1, 0.15) is 31.1 Å². The van der Waals surface area contributed by atoms with E-state index in [0.29, 0.717) is 10.6 Å². The Morgan fingerprint density at radius 2 is 2.00 bits per heavy atom. The van der Waals surface area contributed by atoms with E-state index in [4.69, 9.17) is 11.6 Å². The van der Waals surface area contributed by atoms with E-state index in [-0.39, 0.29) is 11.3 Å². The van der Waals surface area contributed by atoms with Gasteiger partial charge in [0.2, 0.25) is 0 Å². The average molecular weight is 281 g/mol. The number of halogens is 1. The SMILES string of the molecule is CC(=O)c1ccc(N2CCN(C)C(C)(C)C2)c(Cl)c1. The van der Waals surface area contributed by atoms with E-state index >= 15 is 0 Å². The molecule has 104 valence electrons. The third kappa shape index (κ3) is 2.93. The van der Waals surface area contributed by atoms with Gasteiger partial charge in [0.05, 0.1) is 10.7 Å². The summed E-state index contributed by atoms with van der Waals surface area (Å²) >= 11 is 6.33. The van der Waals surface area contributed by atoms with Gasteiger partial charge in [-0.05, 0) is 46.0 Å². The van der Waals surface area contributed by atoms with Crippen molar-refractivity contribution in [3.63, 3.8) is 0 Å². The minimum atomic E-state index is 0.0483. The van der Waals surface area contributed by atoms with Crippen LogP contribution in [0.25, 0.3) is 0 Å². The maximum atomic E-state index is 11.4. The van der Waals surface area contributed by atoms with Crippen molar-refractivity contribution in [1.29, 1.82) is 0 Å². The van der Waals surface area contributed by atoms with Crippen molar-refractivity contribution < 1.29 is 4.79 Å². The highest BCUT2D eigenvalue weighted by Crippen LogP contribution is 2.31. The topological polar surface area (TPSA) is 23.6 Å². The number of anilines is 1. The zero-order chi connectivity index (χ0) is 14.2. The second-order valence-electron chi connectivity index (χ2n) is 5.88. The van der Waals surface area contributed by atoms with Gasteiger partial charge < -0.3 is 4.90 Å². The molecule has 1 fully saturated rings. The van der Waals surface area contributed by atoms with E-state index < -0.39 is 0 Å². The number of hydrogen-bond acceptors (Lipinski definition) is 3. The summed E-state index contributed by atoms with van der Waals surface area (Å²) < 4.78 is 0. The summed E-state index contributed by atoms with van der Waals surface area (Å²) in [7, 11) is 2.15. The normalized spacial score (nSPS) is 19.5. The van der Waals surface area contributed by atoms with Gasteiger partial charge in [0.1, 0.15) is 0 Å². The molecule has 3 nitrogen and oxygen atoms in total. The molecule has 0 amide bonds. The molecule has 0 unspecified atom stereocenters. The molecule has 1 heterocycles. The zero-order valence-corrected chi connectivity index (χ0v) is 12.8. The Bertz CT molecular complexity index is 499. The number of piperazine rings is 1. The Labute approximate surface area is 120 Å². The fourth-order valence-electron chi connectivity index (χ4n) is 2.43. The molecule has 1 saturated heterocycles. The van der Waals surface area contributed by atoms with E-state index in [0.717, 1.165) is 25.3 Å². The fraction of sp³-hybridized carbons (Fsp3) is 0.533. The van der Waals surface area contributed by atoms with Crippen LogP contribution in [0.4, 0.5) is 5.69 Å². The molecule has 0 N–H and O–H groups in total. The summed E-state index contributed by atoms with van der Waals surface area (Å²) in [5.41, 5.74) is 1.82. The molecule has 0 bridgehead atoms. The summed E-state index contributed by atoms with van der Waals surface area (Å²) in [5.74, 6) is 0.0483. The number of likely N-dealkylation sites (N-methyl/N-ethyl adjacent to an activating group) is 1. The van der Waals surface area contributed by atoms with Crippen molar-refractivity contribution in [2.45, 2.75) is 26.3 Å². The van der Waals surface area contributed by atoms with Crippen LogP contribution in [0.15, 0.2) is 18.2 Å².